The summed E-state index contributed by atoms with van der Waals surface area (Å²) < 4.78 is 37.9. The fraction of sp³-hybridized carbons (Fsp3) is 0.455. The Morgan fingerprint density at radius 1 is 1.35 bits per heavy atom. The number of rotatable bonds is 2. The highest BCUT2D eigenvalue weighted by Gasteiger charge is 2.33. The van der Waals surface area contributed by atoms with E-state index < -0.39 is 11.7 Å². The smallest absolute Gasteiger partial charge is 0.398 e. The third-order valence-corrected chi connectivity index (χ3v) is 3.82. The number of halogens is 3. The maximum absolute atomic E-state index is 12.6. The highest BCUT2D eigenvalue weighted by Crippen LogP contribution is 2.35. The van der Waals surface area contributed by atoms with Gasteiger partial charge in [-0.2, -0.15) is 24.9 Å². The molecule has 94 valence electrons. The molecule has 2 nitrogen and oxygen atoms in total. The molecule has 1 heterocycles. The third-order valence-electron chi connectivity index (χ3n) is 2.66. The summed E-state index contributed by atoms with van der Waals surface area (Å²) in [5, 5.41) is 3.10. The molecule has 0 bridgehead atoms. The number of anilines is 2. The first kappa shape index (κ1) is 12.4. The van der Waals surface area contributed by atoms with Gasteiger partial charge in [0.1, 0.15) is 0 Å². The van der Waals surface area contributed by atoms with Crippen molar-refractivity contribution in [3.8, 4) is 0 Å². The van der Waals surface area contributed by atoms with Gasteiger partial charge in [0.15, 0.2) is 0 Å². The fourth-order valence-corrected chi connectivity index (χ4v) is 2.93. The topological polar surface area (TPSA) is 38.0 Å². The second kappa shape index (κ2) is 4.68. The lowest BCUT2D eigenvalue weighted by Gasteiger charge is -2.16. The van der Waals surface area contributed by atoms with Gasteiger partial charge in [-0.15, -0.1) is 0 Å². The van der Waals surface area contributed by atoms with Crippen LogP contribution in [0.4, 0.5) is 24.5 Å². The summed E-state index contributed by atoms with van der Waals surface area (Å²) in [4.78, 5) is 0. The summed E-state index contributed by atoms with van der Waals surface area (Å²) in [6.07, 6.45) is -3.41. The first-order valence-corrected chi connectivity index (χ1v) is 6.43. The van der Waals surface area contributed by atoms with E-state index >= 15 is 0 Å². The van der Waals surface area contributed by atoms with E-state index in [9.17, 15) is 13.2 Å². The molecule has 1 aliphatic heterocycles. The standard InChI is InChI=1S/C11H13F3N2S/c12-11(13,14)9-5-7(1-2-10(9)15)16-8-3-4-17-6-8/h1-2,5,8,16H,3-4,6,15H2. The second-order valence-electron chi connectivity index (χ2n) is 4.00. The molecule has 0 radical (unpaired) electrons. The number of benzene rings is 1. The van der Waals surface area contributed by atoms with Gasteiger partial charge in [-0.3, -0.25) is 0 Å². The number of nitrogens with two attached hydrogens (primary N) is 1. The fourth-order valence-electron chi connectivity index (χ4n) is 1.78. The summed E-state index contributed by atoms with van der Waals surface area (Å²) in [5.41, 5.74) is 4.81. The molecule has 1 unspecified atom stereocenters. The van der Waals surface area contributed by atoms with E-state index in [0.717, 1.165) is 24.0 Å². The highest BCUT2D eigenvalue weighted by molar-refractivity contribution is 7.99. The van der Waals surface area contributed by atoms with Gasteiger partial charge in [0.2, 0.25) is 0 Å². The van der Waals surface area contributed by atoms with Crippen LogP contribution in [0, 0.1) is 0 Å². The molecule has 2 rings (SSSR count). The molecule has 3 N–H and O–H groups in total. The van der Waals surface area contributed by atoms with Crippen molar-refractivity contribution >= 4 is 23.1 Å². The number of nitrogens with one attached hydrogen (secondary N) is 1. The summed E-state index contributed by atoms with van der Waals surface area (Å²) >= 11 is 1.80. The van der Waals surface area contributed by atoms with Crippen LogP contribution in [0.25, 0.3) is 0 Å². The largest absolute Gasteiger partial charge is 0.418 e. The minimum absolute atomic E-state index is 0.233. The van der Waals surface area contributed by atoms with E-state index in [1.54, 1.807) is 17.8 Å². The lowest BCUT2D eigenvalue weighted by atomic mass is 10.1. The van der Waals surface area contributed by atoms with E-state index in [4.69, 9.17) is 5.73 Å². The normalized spacial score (nSPS) is 20.5. The Morgan fingerprint density at radius 2 is 2.12 bits per heavy atom. The zero-order valence-electron chi connectivity index (χ0n) is 9.05. The summed E-state index contributed by atoms with van der Waals surface area (Å²) in [7, 11) is 0. The molecule has 0 aliphatic carbocycles. The number of nitrogen functional groups attached to an aromatic ring is 1. The average molecular weight is 262 g/mol. The van der Waals surface area contributed by atoms with Gasteiger partial charge in [-0.25, -0.2) is 0 Å². The molecular weight excluding hydrogens is 249 g/mol. The van der Waals surface area contributed by atoms with Crippen LogP contribution in [-0.2, 0) is 6.18 Å². The van der Waals surface area contributed by atoms with E-state index in [-0.39, 0.29) is 11.7 Å². The molecule has 1 aromatic rings. The number of thioether (sulfide) groups is 1. The molecule has 1 atom stereocenters. The van der Waals surface area contributed by atoms with Gasteiger partial charge in [0, 0.05) is 23.2 Å². The van der Waals surface area contributed by atoms with Crippen molar-refractivity contribution in [1.82, 2.24) is 0 Å². The summed E-state index contributed by atoms with van der Waals surface area (Å²) in [6.45, 7) is 0. The van der Waals surface area contributed by atoms with E-state index in [1.165, 1.54) is 6.07 Å². The van der Waals surface area contributed by atoms with Crippen molar-refractivity contribution in [1.29, 1.82) is 0 Å². The van der Waals surface area contributed by atoms with Crippen molar-refractivity contribution < 1.29 is 13.2 Å². The van der Waals surface area contributed by atoms with Crippen LogP contribution in [0.15, 0.2) is 18.2 Å². The SMILES string of the molecule is Nc1ccc(NC2CCSC2)cc1C(F)(F)F. The molecule has 0 aromatic heterocycles. The maximum Gasteiger partial charge on any atom is 0.418 e. The molecule has 1 aliphatic rings. The zero-order valence-corrected chi connectivity index (χ0v) is 9.87. The van der Waals surface area contributed by atoms with Gasteiger partial charge < -0.3 is 11.1 Å². The molecule has 1 fully saturated rings. The maximum atomic E-state index is 12.6. The Labute approximate surface area is 102 Å². The van der Waals surface area contributed by atoms with Gasteiger partial charge in [0.25, 0.3) is 0 Å². The van der Waals surface area contributed by atoms with Crippen LogP contribution in [0.3, 0.4) is 0 Å². The van der Waals surface area contributed by atoms with E-state index in [0.29, 0.717) is 5.69 Å². The minimum Gasteiger partial charge on any atom is -0.398 e. The van der Waals surface area contributed by atoms with Gasteiger partial charge >= 0.3 is 6.18 Å². The van der Waals surface area contributed by atoms with Crippen LogP contribution in [0.1, 0.15) is 12.0 Å². The first-order valence-electron chi connectivity index (χ1n) is 5.28. The molecule has 0 spiro atoms. The van der Waals surface area contributed by atoms with Gasteiger partial charge in [0.05, 0.1) is 5.56 Å². The van der Waals surface area contributed by atoms with Gasteiger partial charge in [-0.05, 0) is 30.4 Å². The molecular formula is C11H13F3N2S. The van der Waals surface area contributed by atoms with Crippen LogP contribution < -0.4 is 11.1 Å². The third kappa shape index (κ3) is 3.00. The lowest BCUT2D eigenvalue weighted by Crippen LogP contribution is -2.19. The summed E-state index contributed by atoms with van der Waals surface area (Å²) in [5.74, 6) is 1.99. The Hall–Kier alpha value is -1.04. The monoisotopic (exact) mass is 262 g/mol. The average Bonchev–Trinajstić information content (AvgIpc) is 2.72. The van der Waals surface area contributed by atoms with Crippen LogP contribution in [0.5, 0.6) is 0 Å². The van der Waals surface area contributed by atoms with Crippen LogP contribution in [-0.4, -0.2) is 17.5 Å². The Kier molecular flexibility index (Phi) is 3.42. The molecule has 1 saturated heterocycles. The number of hydrogen-bond donors (Lipinski definition) is 2. The van der Waals surface area contributed by atoms with Crippen molar-refractivity contribution in [2.45, 2.75) is 18.6 Å². The van der Waals surface area contributed by atoms with Crippen molar-refractivity contribution in [3.63, 3.8) is 0 Å². The Balaban J connectivity index is 2.18. The number of hydrogen-bond acceptors (Lipinski definition) is 3. The second-order valence-corrected chi connectivity index (χ2v) is 5.15. The Morgan fingerprint density at radius 3 is 2.71 bits per heavy atom. The summed E-state index contributed by atoms with van der Waals surface area (Å²) in [6, 6.07) is 4.23. The Bertz CT molecular complexity index is 400. The van der Waals surface area contributed by atoms with Crippen LogP contribution in [0.2, 0.25) is 0 Å². The minimum atomic E-state index is -4.40. The molecule has 0 saturated carbocycles. The van der Waals surface area contributed by atoms with E-state index in [1.807, 2.05) is 0 Å². The highest BCUT2D eigenvalue weighted by atomic mass is 32.2. The molecule has 0 amide bonds. The predicted molar refractivity (Wildman–Crippen MR) is 65.2 cm³/mol. The predicted octanol–water partition coefficient (Wildman–Crippen LogP) is 3.21. The molecule has 17 heavy (non-hydrogen) atoms. The van der Waals surface area contributed by atoms with Crippen molar-refractivity contribution in [2.75, 3.05) is 22.6 Å². The van der Waals surface area contributed by atoms with Crippen molar-refractivity contribution in [3.05, 3.63) is 23.8 Å². The molecule has 6 heteroatoms. The quantitative estimate of drug-likeness (QED) is 0.804. The number of alkyl halides is 3. The zero-order chi connectivity index (χ0) is 12.5. The lowest BCUT2D eigenvalue weighted by molar-refractivity contribution is -0.136. The van der Waals surface area contributed by atoms with Crippen molar-refractivity contribution in [2.24, 2.45) is 0 Å². The van der Waals surface area contributed by atoms with Gasteiger partial charge in [-0.1, -0.05) is 0 Å². The molecule has 1 aromatic carbocycles. The van der Waals surface area contributed by atoms with Crippen LogP contribution >= 0.6 is 11.8 Å². The van der Waals surface area contributed by atoms with E-state index in [2.05, 4.69) is 5.32 Å². The first-order chi connectivity index (χ1) is 7.97.